The molecule has 0 aromatic rings. The molecule has 1 aliphatic heterocycles. The van der Waals surface area contributed by atoms with E-state index in [0.29, 0.717) is 6.54 Å². The molecule has 0 saturated carbocycles. The molecule has 0 spiro atoms. The molecule has 16 heavy (non-hydrogen) atoms. The predicted octanol–water partition coefficient (Wildman–Crippen LogP) is 1.04. The molecule has 0 bridgehead atoms. The van der Waals surface area contributed by atoms with Crippen LogP contribution in [-0.4, -0.2) is 59.1 Å². The Morgan fingerprint density at radius 3 is 2.12 bits per heavy atom. The molecule has 1 aliphatic rings. The summed E-state index contributed by atoms with van der Waals surface area (Å²) in [4.78, 5) is 15.2. The average Bonchev–Trinajstić information content (AvgIpc) is 2.17. The first-order chi connectivity index (χ1) is 7.30. The van der Waals surface area contributed by atoms with Crippen molar-refractivity contribution in [2.75, 3.05) is 32.7 Å². The summed E-state index contributed by atoms with van der Waals surface area (Å²) in [6, 6.07) is 0. The summed E-state index contributed by atoms with van der Waals surface area (Å²) in [5, 5.41) is 8.76. The van der Waals surface area contributed by atoms with Crippen LogP contribution in [0, 0.1) is 0 Å². The van der Waals surface area contributed by atoms with E-state index in [1.54, 1.807) is 0 Å². The van der Waals surface area contributed by atoms with Gasteiger partial charge in [-0.25, -0.2) is 4.79 Å². The summed E-state index contributed by atoms with van der Waals surface area (Å²) in [5.74, 6) is -0.891. The molecule has 0 amide bonds. The van der Waals surface area contributed by atoms with Crippen molar-refractivity contribution in [2.45, 2.75) is 26.3 Å². The zero-order valence-electron chi connectivity index (χ0n) is 10.5. The molecule has 4 heteroatoms. The zero-order valence-corrected chi connectivity index (χ0v) is 10.5. The van der Waals surface area contributed by atoms with E-state index in [2.05, 4.69) is 37.1 Å². The number of piperazine rings is 1. The highest BCUT2D eigenvalue weighted by atomic mass is 16.4. The number of carboxylic acids is 1. The van der Waals surface area contributed by atoms with Crippen LogP contribution in [0.5, 0.6) is 0 Å². The molecule has 1 rings (SSSR count). The van der Waals surface area contributed by atoms with E-state index in [1.165, 1.54) is 0 Å². The van der Waals surface area contributed by atoms with Crippen molar-refractivity contribution in [1.82, 2.24) is 9.80 Å². The van der Waals surface area contributed by atoms with Crippen molar-refractivity contribution in [2.24, 2.45) is 0 Å². The van der Waals surface area contributed by atoms with Crippen LogP contribution in [-0.2, 0) is 4.79 Å². The second-order valence-corrected chi connectivity index (χ2v) is 5.34. The third kappa shape index (κ3) is 3.61. The van der Waals surface area contributed by atoms with Crippen LogP contribution in [0.25, 0.3) is 0 Å². The van der Waals surface area contributed by atoms with Crippen LogP contribution in [0.2, 0.25) is 0 Å². The smallest absolute Gasteiger partial charge is 0.332 e. The van der Waals surface area contributed by atoms with Gasteiger partial charge < -0.3 is 5.11 Å². The molecule has 0 atom stereocenters. The number of hydrogen-bond donors (Lipinski definition) is 1. The minimum atomic E-state index is -0.891. The first kappa shape index (κ1) is 13.2. The van der Waals surface area contributed by atoms with Crippen LogP contribution in [0.4, 0.5) is 0 Å². The fourth-order valence-corrected chi connectivity index (χ4v) is 1.91. The van der Waals surface area contributed by atoms with Crippen LogP contribution in [0.3, 0.4) is 0 Å². The van der Waals surface area contributed by atoms with Gasteiger partial charge in [0.2, 0.25) is 0 Å². The summed E-state index contributed by atoms with van der Waals surface area (Å²) >= 11 is 0. The fourth-order valence-electron chi connectivity index (χ4n) is 1.91. The zero-order chi connectivity index (χ0) is 12.3. The molecule has 1 N–H and O–H groups in total. The highest BCUT2D eigenvalue weighted by Crippen LogP contribution is 2.16. The van der Waals surface area contributed by atoms with Crippen LogP contribution >= 0.6 is 0 Å². The SMILES string of the molecule is C=C(CN1CCN(C(C)(C)C)CC1)C(=O)O. The molecular formula is C12H22N2O2. The lowest BCUT2D eigenvalue weighted by atomic mass is 10.0. The minimum Gasteiger partial charge on any atom is -0.478 e. The van der Waals surface area contributed by atoms with E-state index in [4.69, 9.17) is 5.11 Å². The predicted molar refractivity (Wildman–Crippen MR) is 64.5 cm³/mol. The minimum absolute atomic E-state index is 0.204. The standard InChI is InChI=1S/C12H22N2O2/c1-10(11(15)16)9-13-5-7-14(8-6-13)12(2,3)4/h1,5-9H2,2-4H3,(H,15,16). The summed E-state index contributed by atoms with van der Waals surface area (Å²) in [6.07, 6.45) is 0. The Balaban J connectivity index is 2.38. The molecule has 0 aliphatic carbocycles. The van der Waals surface area contributed by atoms with Crippen LogP contribution in [0.1, 0.15) is 20.8 Å². The molecule has 1 saturated heterocycles. The molecule has 0 aromatic carbocycles. The summed E-state index contributed by atoms with van der Waals surface area (Å²) in [7, 11) is 0. The van der Waals surface area contributed by atoms with Crippen molar-refractivity contribution in [3.8, 4) is 0 Å². The van der Waals surface area contributed by atoms with Crippen LogP contribution in [0.15, 0.2) is 12.2 Å². The quantitative estimate of drug-likeness (QED) is 0.730. The molecule has 0 aromatic heterocycles. The number of carbonyl (C=O) groups is 1. The number of rotatable bonds is 3. The van der Waals surface area contributed by atoms with Gasteiger partial charge in [0.05, 0.1) is 0 Å². The maximum atomic E-state index is 10.7. The van der Waals surface area contributed by atoms with Gasteiger partial charge >= 0.3 is 5.97 Å². The van der Waals surface area contributed by atoms with Gasteiger partial charge in [0.15, 0.2) is 0 Å². The van der Waals surface area contributed by atoms with Crippen molar-refractivity contribution in [3.05, 3.63) is 12.2 Å². The summed E-state index contributed by atoms with van der Waals surface area (Å²) < 4.78 is 0. The second kappa shape index (κ2) is 4.97. The van der Waals surface area contributed by atoms with Crippen molar-refractivity contribution < 1.29 is 9.90 Å². The van der Waals surface area contributed by atoms with E-state index in [0.717, 1.165) is 26.2 Å². The highest BCUT2D eigenvalue weighted by molar-refractivity contribution is 5.86. The Morgan fingerprint density at radius 2 is 1.75 bits per heavy atom. The van der Waals surface area contributed by atoms with Gasteiger partial charge in [-0.15, -0.1) is 0 Å². The van der Waals surface area contributed by atoms with Gasteiger partial charge in [0.1, 0.15) is 0 Å². The maximum absolute atomic E-state index is 10.7. The lowest BCUT2D eigenvalue weighted by molar-refractivity contribution is -0.133. The van der Waals surface area contributed by atoms with Gasteiger partial charge in [0.25, 0.3) is 0 Å². The van der Waals surface area contributed by atoms with E-state index in [-0.39, 0.29) is 11.1 Å². The topological polar surface area (TPSA) is 43.8 Å². The Bertz CT molecular complexity index is 273. The third-order valence-corrected chi connectivity index (χ3v) is 3.04. The Hall–Kier alpha value is -0.870. The maximum Gasteiger partial charge on any atom is 0.332 e. The largest absolute Gasteiger partial charge is 0.478 e. The van der Waals surface area contributed by atoms with Gasteiger partial charge in [-0.3, -0.25) is 9.80 Å². The third-order valence-electron chi connectivity index (χ3n) is 3.04. The molecule has 0 unspecified atom stereocenters. The average molecular weight is 226 g/mol. The van der Waals surface area contributed by atoms with E-state index in [9.17, 15) is 4.79 Å². The number of nitrogens with zero attached hydrogens (tertiary/aromatic N) is 2. The second-order valence-electron chi connectivity index (χ2n) is 5.34. The number of aliphatic carboxylic acids is 1. The molecular weight excluding hydrogens is 204 g/mol. The monoisotopic (exact) mass is 226 g/mol. The fraction of sp³-hybridized carbons (Fsp3) is 0.750. The lowest BCUT2D eigenvalue weighted by Crippen LogP contribution is -2.53. The molecule has 4 nitrogen and oxygen atoms in total. The normalized spacial score (nSPS) is 19.7. The molecule has 1 heterocycles. The molecule has 92 valence electrons. The summed E-state index contributed by atoms with van der Waals surface area (Å²) in [6.45, 7) is 14.5. The molecule has 1 fully saturated rings. The van der Waals surface area contributed by atoms with E-state index in [1.807, 2.05) is 0 Å². The first-order valence-corrected chi connectivity index (χ1v) is 5.69. The number of carboxylic acid groups (broad SMARTS) is 1. The van der Waals surface area contributed by atoms with Crippen molar-refractivity contribution >= 4 is 5.97 Å². The number of hydrogen-bond acceptors (Lipinski definition) is 3. The highest BCUT2D eigenvalue weighted by Gasteiger charge is 2.26. The van der Waals surface area contributed by atoms with Gasteiger partial charge in [-0.2, -0.15) is 0 Å². The van der Waals surface area contributed by atoms with Gasteiger partial charge in [-0.05, 0) is 20.8 Å². The Kier molecular flexibility index (Phi) is 4.10. The Labute approximate surface area is 97.5 Å². The Morgan fingerprint density at radius 1 is 1.25 bits per heavy atom. The van der Waals surface area contributed by atoms with Crippen molar-refractivity contribution in [3.63, 3.8) is 0 Å². The van der Waals surface area contributed by atoms with Gasteiger partial charge in [0, 0.05) is 43.8 Å². The molecule has 0 radical (unpaired) electrons. The van der Waals surface area contributed by atoms with Crippen molar-refractivity contribution in [1.29, 1.82) is 0 Å². The van der Waals surface area contributed by atoms with Gasteiger partial charge in [-0.1, -0.05) is 6.58 Å². The summed E-state index contributed by atoms with van der Waals surface area (Å²) in [5.41, 5.74) is 0.486. The van der Waals surface area contributed by atoms with E-state index < -0.39 is 5.97 Å². The van der Waals surface area contributed by atoms with E-state index >= 15 is 0 Å². The first-order valence-electron chi connectivity index (χ1n) is 5.69. The van der Waals surface area contributed by atoms with Crippen LogP contribution < -0.4 is 0 Å². The lowest BCUT2D eigenvalue weighted by Gasteiger charge is -2.42.